The maximum Gasteiger partial charge on any atom is 0.0653 e. The van der Waals surface area contributed by atoms with Crippen molar-refractivity contribution in [1.82, 2.24) is 4.90 Å². The molecule has 2 heteroatoms. The molecule has 0 saturated carbocycles. The molecule has 0 aromatic carbocycles. The van der Waals surface area contributed by atoms with Gasteiger partial charge in [0.15, 0.2) is 0 Å². The number of rotatable bonds is 2. The van der Waals surface area contributed by atoms with Gasteiger partial charge in [-0.1, -0.05) is 0 Å². The van der Waals surface area contributed by atoms with E-state index in [2.05, 4.69) is 18.0 Å². The molecule has 1 rings (SSSR count). The van der Waals surface area contributed by atoms with Gasteiger partial charge in [-0.25, -0.2) is 0 Å². The number of hydrogen-bond acceptors (Lipinski definition) is 2. The van der Waals surface area contributed by atoms with Crippen molar-refractivity contribution in [2.75, 3.05) is 13.6 Å². The molecular formula is C8H14N2. The Labute approximate surface area is 62.4 Å². The van der Waals surface area contributed by atoms with Crippen LogP contribution in [0.3, 0.4) is 0 Å². The fraction of sp³-hybridized carbons (Fsp3) is 0.875. The summed E-state index contributed by atoms with van der Waals surface area (Å²) in [7, 11) is 2.12. The van der Waals surface area contributed by atoms with Gasteiger partial charge in [-0.15, -0.1) is 0 Å². The maximum atomic E-state index is 8.52. The lowest BCUT2D eigenvalue weighted by molar-refractivity contribution is 0.111. The lowest BCUT2D eigenvalue weighted by Crippen LogP contribution is -2.45. The molecule has 0 aliphatic carbocycles. The molecule has 0 radical (unpaired) electrons. The first-order chi connectivity index (χ1) is 4.74. The third-order valence-electron chi connectivity index (χ3n) is 2.28. The van der Waals surface area contributed by atoms with Crippen LogP contribution in [0.25, 0.3) is 0 Å². The second-order valence-corrected chi connectivity index (χ2v) is 3.19. The van der Waals surface area contributed by atoms with Crippen molar-refractivity contribution in [2.45, 2.75) is 25.8 Å². The Kier molecular flexibility index (Phi) is 2.29. The topological polar surface area (TPSA) is 27.0 Å². The van der Waals surface area contributed by atoms with E-state index in [4.69, 9.17) is 5.26 Å². The van der Waals surface area contributed by atoms with Gasteiger partial charge in [-0.3, -0.25) is 0 Å². The second kappa shape index (κ2) is 3.03. The fourth-order valence-corrected chi connectivity index (χ4v) is 1.33. The van der Waals surface area contributed by atoms with Crippen molar-refractivity contribution in [3.05, 3.63) is 0 Å². The van der Waals surface area contributed by atoms with Gasteiger partial charge in [0.25, 0.3) is 0 Å². The van der Waals surface area contributed by atoms with Crippen LogP contribution in [0.2, 0.25) is 0 Å². The highest BCUT2D eigenvalue weighted by Gasteiger charge is 2.25. The first-order valence-electron chi connectivity index (χ1n) is 3.84. The summed E-state index contributed by atoms with van der Waals surface area (Å²) in [5, 5.41) is 8.52. The summed E-state index contributed by atoms with van der Waals surface area (Å²) in [5.41, 5.74) is 0. The first kappa shape index (κ1) is 7.56. The van der Waals surface area contributed by atoms with E-state index in [9.17, 15) is 0 Å². The van der Waals surface area contributed by atoms with Crippen molar-refractivity contribution >= 4 is 0 Å². The molecule has 1 saturated heterocycles. The average Bonchev–Trinajstić information content (AvgIpc) is 1.96. The molecule has 0 amide bonds. The van der Waals surface area contributed by atoms with Gasteiger partial charge in [0.05, 0.1) is 6.07 Å². The molecule has 1 aliphatic rings. The quantitative estimate of drug-likeness (QED) is 0.574. The SMILES string of the molecule is CC(C#N)CC1CCN1C. The smallest absolute Gasteiger partial charge is 0.0653 e. The van der Waals surface area contributed by atoms with E-state index in [-0.39, 0.29) is 5.92 Å². The van der Waals surface area contributed by atoms with Gasteiger partial charge in [-0.2, -0.15) is 5.26 Å². The molecule has 2 nitrogen and oxygen atoms in total. The summed E-state index contributed by atoms with van der Waals surface area (Å²) in [4.78, 5) is 2.31. The van der Waals surface area contributed by atoms with Gasteiger partial charge in [-0.05, 0) is 33.4 Å². The van der Waals surface area contributed by atoms with E-state index in [0.717, 1.165) is 6.42 Å². The first-order valence-corrected chi connectivity index (χ1v) is 3.84. The number of nitrogens with zero attached hydrogens (tertiary/aromatic N) is 2. The van der Waals surface area contributed by atoms with Crippen LogP contribution in [0.1, 0.15) is 19.8 Å². The highest BCUT2D eigenvalue weighted by Crippen LogP contribution is 2.21. The Hall–Kier alpha value is -0.550. The van der Waals surface area contributed by atoms with Crippen molar-refractivity contribution in [3.63, 3.8) is 0 Å². The minimum absolute atomic E-state index is 0.229. The molecule has 1 fully saturated rings. The Balaban J connectivity index is 2.20. The van der Waals surface area contributed by atoms with Crippen molar-refractivity contribution in [2.24, 2.45) is 5.92 Å². The van der Waals surface area contributed by atoms with Crippen LogP contribution >= 0.6 is 0 Å². The van der Waals surface area contributed by atoms with Crippen molar-refractivity contribution < 1.29 is 0 Å². The summed E-state index contributed by atoms with van der Waals surface area (Å²) < 4.78 is 0. The van der Waals surface area contributed by atoms with Crippen molar-refractivity contribution in [1.29, 1.82) is 5.26 Å². The Bertz CT molecular complexity index is 148. The van der Waals surface area contributed by atoms with Gasteiger partial charge < -0.3 is 4.90 Å². The predicted octanol–water partition coefficient (Wildman–Crippen LogP) is 1.24. The summed E-state index contributed by atoms with van der Waals surface area (Å²) >= 11 is 0. The summed E-state index contributed by atoms with van der Waals surface area (Å²) in [6.45, 7) is 3.20. The third-order valence-corrected chi connectivity index (χ3v) is 2.28. The van der Waals surface area contributed by atoms with E-state index in [1.54, 1.807) is 0 Å². The summed E-state index contributed by atoms with van der Waals surface area (Å²) in [5.74, 6) is 0.229. The van der Waals surface area contributed by atoms with Gasteiger partial charge in [0.2, 0.25) is 0 Å². The monoisotopic (exact) mass is 138 g/mol. The van der Waals surface area contributed by atoms with Crippen LogP contribution in [0.5, 0.6) is 0 Å². The van der Waals surface area contributed by atoms with Crippen molar-refractivity contribution in [3.8, 4) is 6.07 Å². The number of nitriles is 1. The van der Waals surface area contributed by atoms with Gasteiger partial charge in [0, 0.05) is 12.0 Å². The highest BCUT2D eigenvalue weighted by atomic mass is 15.2. The molecule has 0 spiro atoms. The predicted molar refractivity (Wildman–Crippen MR) is 40.4 cm³/mol. The van der Waals surface area contributed by atoms with E-state index in [1.165, 1.54) is 13.0 Å². The lowest BCUT2D eigenvalue weighted by atomic mass is 9.94. The lowest BCUT2D eigenvalue weighted by Gasteiger charge is -2.38. The molecule has 0 bridgehead atoms. The zero-order valence-electron chi connectivity index (χ0n) is 6.67. The van der Waals surface area contributed by atoms with E-state index in [1.807, 2.05) is 6.92 Å². The van der Waals surface area contributed by atoms with E-state index < -0.39 is 0 Å². The van der Waals surface area contributed by atoms with E-state index >= 15 is 0 Å². The molecule has 0 N–H and O–H groups in total. The summed E-state index contributed by atoms with van der Waals surface area (Å²) in [6.07, 6.45) is 2.33. The molecule has 56 valence electrons. The molecule has 0 aromatic heterocycles. The van der Waals surface area contributed by atoms with Crippen LogP contribution in [-0.2, 0) is 0 Å². The molecule has 2 atom stereocenters. The second-order valence-electron chi connectivity index (χ2n) is 3.19. The summed E-state index contributed by atoms with van der Waals surface area (Å²) in [6, 6.07) is 2.95. The highest BCUT2D eigenvalue weighted by molar-refractivity contribution is 4.88. The van der Waals surface area contributed by atoms with Crippen LogP contribution < -0.4 is 0 Å². The van der Waals surface area contributed by atoms with Gasteiger partial charge >= 0.3 is 0 Å². The largest absolute Gasteiger partial charge is 0.303 e. The Morgan fingerprint density at radius 2 is 2.50 bits per heavy atom. The molecule has 0 aromatic rings. The Morgan fingerprint density at radius 3 is 2.80 bits per heavy atom. The number of likely N-dealkylation sites (tertiary alicyclic amines) is 1. The molecule has 1 aliphatic heterocycles. The molecule has 10 heavy (non-hydrogen) atoms. The van der Waals surface area contributed by atoms with Crippen LogP contribution in [0, 0.1) is 17.2 Å². The minimum Gasteiger partial charge on any atom is -0.303 e. The van der Waals surface area contributed by atoms with Crippen LogP contribution in [-0.4, -0.2) is 24.5 Å². The molecule has 2 unspecified atom stereocenters. The maximum absolute atomic E-state index is 8.52. The normalized spacial score (nSPS) is 28.7. The number of hydrogen-bond donors (Lipinski definition) is 0. The van der Waals surface area contributed by atoms with Crippen LogP contribution in [0.15, 0.2) is 0 Å². The molecule has 1 heterocycles. The van der Waals surface area contributed by atoms with Gasteiger partial charge in [0.1, 0.15) is 0 Å². The van der Waals surface area contributed by atoms with E-state index in [0.29, 0.717) is 6.04 Å². The minimum atomic E-state index is 0.229. The third kappa shape index (κ3) is 1.48. The zero-order chi connectivity index (χ0) is 7.56. The zero-order valence-corrected chi connectivity index (χ0v) is 6.67. The standard InChI is InChI=1S/C8H14N2/c1-7(6-9)5-8-3-4-10(8)2/h7-8H,3-5H2,1-2H3. The molecular weight excluding hydrogens is 124 g/mol. The van der Waals surface area contributed by atoms with Crippen LogP contribution in [0.4, 0.5) is 0 Å². The fourth-order valence-electron chi connectivity index (χ4n) is 1.33. The Morgan fingerprint density at radius 1 is 1.80 bits per heavy atom. The average molecular weight is 138 g/mol.